The Morgan fingerprint density at radius 3 is 2.19 bits per heavy atom. The van der Waals surface area contributed by atoms with Crippen LogP contribution in [0, 0.1) is 6.92 Å². The molecular formula is C22H31ClN2O2. The second-order valence-electron chi connectivity index (χ2n) is 7.39. The molecule has 1 saturated heterocycles. The number of halogens is 1. The summed E-state index contributed by atoms with van der Waals surface area (Å²) in [7, 11) is 0. The molecule has 1 atom stereocenters. The highest BCUT2D eigenvalue weighted by Crippen LogP contribution is 2.33. The van der Waals surface area contributed by atoms with Gasteiger partial charge in [-0.25, -0.2) is 0 Å². The van der Waals surface area contributed by atoms with Gasteiger partial charge in [-0.3, -0.25) is 4.90 Å². The van der Waals surface area contributed by atoms with Crippen molar-refractivity contribution in [2.45, 2.75) is 39.8 Å². The van der Waals surface area contributed by atoms with Gasteiger partial charge in [-0.1, -0.05) is 32.0 Å². The Hall–Kier alpha value is -1.91. The normalized spacial score (nSPS) is 16.1. The molecule has 148 valence electrons. The summed E-state index contributed by atoms with van der Waals surface area (Å²) in [5.74, 6) is 1.45. The molecule has 27 heavy (non-hydrogen) atoms. The number of piperazine rings is 1. The summed E-state index contributed by atoms with van der Waals surface area (Å²) in [5, 5.41) is 10.2. The van der Waals surface area contributed by atoms with Crippen LogP contribution >= 0.6 is 12.4 Å². The highest BCUT2D eigenvalue weighted by molar-refractivity contribution is 5.85. The fraction of sp³-hybridized carbons (Fsp3) is 0.455. The zero-order valence-corrected chi connectivity index (χ0v) is 17.5. The van der Waals surface area contributed by atoms with Crippen molar-refractivity contribution in [3.63, 3.8) is 0 Å². The lowest BCUT2D eigenvalue weighted by Gasteiger charge is -2.39. The quantitative estimate of drug-likeness (QED) is 0.795. The summed E-state index contributed by atoms with van der Waals surface area (Å²) in [6.07, 6.45) is -0.0200. The summed E-state index contributed by atoms with van der Waals surface area (Å²) < 4.78 is 6.24. The highest BCUT2D eigenvalue weighted by atomic mass is 35.5. The molecule has 1 aliphatic heterocycles. The average Bonchev–Trinajstić information content (AvgIpc) is 2.66. The van der Waals surface area contributed by atoms with Gasteiger partial charge < -0.3 is 14.7 Å². The van der Waals surface area contributed by atoms with Crippen LogP contribution in [0.1, 0.15) is 37.8 Å². The van der Waals surface area contributed by atoms with Crippen LogP contribution in [-0.4, -0.2) is 42.4 Å². The van der Waals surface area contributed by atoms with Crippen molar-refractivity contribution in [3.05, 3.63) is 53.6 Å². The van der Waals surface area contributed by atoms with Gasteiger partial charge in [0.2, 0.25) is 0 Å². The Bertz CT molecular complexity index is 729. The molecule has 0 spiro atoms. The summed E-state index contributed by atoms with van der Waals surface area (Å²) in [6.45, 7) is 12.2. The second kappa shape index (κ2) is 9.34. The maximum atomic E-state index is 10.2. The molecule has 5 heteroatoms. The third kappa shape index (κ3) is 5.08. The minimum Gasteiger partial charge on any atom is -0.508 e. The van der Waals surface area contributed by atoms with Gasteiger partial charge >= 0.3 is 0 Å². The van der Waals surface area contributed by atoms with E-state index in [1.807, 2.05) is 13.0 Å². The second-order valence-corrected chi connectivity index (χ2v) is 7.39. The summed E-state index contributed by atoms with van der Waals surface area (Å²) in [6, 6.07) is 14.5. The number of benzene rings is 2. The van der Waals surface area contributed by atoms with Crippen LogP contribution in [0.15, 0.2) is 42.5 Å². The first kappa shape index (κ1) is 21.4. The van der Waals surface area contributed by atoms with E-state index in [1.54, 1.807) is 0 Å². The van der Waals surface area contributed by atoms with Gasteiger partial charge in [-0.05, 0) is 49.6 Å². The number of hydrogen-bond donors (Lipinski definition) is 1. The topological polar surface area (TPSA) is 35.9 Å². The van der Waals surface area contributed by atoms with Crippen molar-refractivity contribution in [2.24, 2.45) is 0 Å². The molecule has 0 aromatic heterocycles. The van der Waals surface area contributed by atoms with Crippen LogP contribution in [0.4, 0.5) is 5.69 Å². The first-order valence-corrected chi connectivity index (χ1v) is 9.50. The molecule has 1 aliphatic rings. The van der Waals surface area contributed by atoms with Crippen molar-refractivity contribution in [3.8, 4) is 11.5 Å². The van der Waals surface area contributed by atoms with Gasteiger partial charge in [0.1, 0.15) is 17.7 Å². The molecule has 0 aliphatic carbocycles. The lowest BCUT2D eigenvalue weighted by atomic mass is 10.0. The van der Waals surface area contributed by atoms with E-state index >= 15 is 0 Å². The Kier molecular flexibility index (Phi) is 7.40. The van der Waals surface area contributed by atoms with Crippen LogP contribution in [-0.2, 0) is 0 Å². The van der Waals surface area contributed by atoms with E-state index in [-0.39, 0.29) is 18.6 Å². The predicted molar refractivity (Wildman–Crippen MR) is 114 cm³/mol. The SMILES string of the molecule is Cc1c(O)cc(C(C)C)cc1OC(C)N1CCN(c2ccccc2)CC1.Cl. The number of phenolic OH excluding ortho intramolecular Hbond substituents is 1. The molecular weight excluding hydrogens is 360 g/mol. The molecule has 1 unspecified atom stereocenters. The molecule has 4 nitrogen and oxygen atoms in total. The van der Waals surface area contributed by atoms with Gasteiger partial charge in [0, 0.05) is 37.4 Å². The Labute approximate surface area is 169 Å². The number of nitrogens with zero attached hydrogens (tertiary/aromatic N) is 2. The number of ether oxygens (including phenoxy) is 1. The third-order valence-electron chi connectivity index (χ3n) is 5.27. The molecule has 2 aromatic carbocycles. The number of para-hydroxylation sites is 1. The van der Waals surface area contributed by atoms with E-state index in [1.165, 1.54) is 5.69 Å². The van der Waals surface area contributed by atoms with E-state index in [4.69, 9.17) is 4.74 Å². The van der Waals surface area contributed by atoms with E-state index in [0.717, 1.165) is 43.1 Å². The van der Waals surface area contributed by atoms with Gasteiger partial charge in [0.05, 0.1) is 0 Å². The minimum atomic E-state index is -0.0200. The molecule has 3 rings (SSSR count). The Balaban J connectivity index is 0.00000261. The van der Waals surface area contributed by atoms with Crippen LogP contribution < -0.4 is 9.64 Å². The van der Waals surface area contributed by atoms with Crippen molar-refractivity contribution in [2.75, 3.05) is 31.1 Å². The van der Waals surface area contributed by atoms with Gasteiger partial charge in [-0.2, -0.15) is 0 Å². The molecule has 0 amide bonds. The third-order valence-corrected chi connectivity index (χ3v) is 5.27. The molecule has 1 heterocycles. The standard InChI is InChI=1S/C22H30N2O2.ClH/c1-16(2)19-14-21(25)17(3)22(15-19)26-18(4)23-10-12-24(13-11-23)20-8-6-5-7-9-20;/h5-9,14-16,18,25H,10-13H2,1-4H3;1H. The number of phenols is 1. The van der Waals surface area contributed by atoms with Gasteiger partial charge in [-0.15, -0.1) is 12.4 Å². The summed E-state index contributed by atoms with van der Waals surface area (Å²) in [5.41, 5.74) is 3.19. The largest absolute Gasteiger partial charge is 0.508 e. The molecule has 0 radical (unpaired) electrons. The van der Waals surface area contributed by atoms with E-state index in [0.29, 0.717) is 11.7 Å². The number of rotatable bonds is 5. The first-order chi connectivity index (χ1) is 12.5. The lowest BCUT2D eigenvalue weighted by Crippen LogP contribution is -2.51. The molecule has 1 fully saturated rings. The average molecular weight is 391 g/mol. The fourth-order valence-electron chi connectivity index (χ4n) is 3.39. The summed E-state index contributed by atoms with van der Waals surface area (Å²) in [4.78, 5) is 4.78. The van der Waals surface area contributed by atoms with Crippen LogP contribution in [0.3, 0.4) is 0 Å². The lowest BCUT2D eigenvalue weighted by molar-refractivity contribution is 0.0349. The smallest absolute Gasteiger partial charge is 0.149 e. The van der Waals surface area contributed by atoms with Crippen molar-refractivity contribution < 1.29 is 9.84 Å². The molecule has 0 bridgehead atoms. The molecule has 0 saturated carbocycles. The predicted octanol–water partition coefficient (Wildman–Crippen LogP) is 4.79. The van der Waals surface area contributed by atoms with Crippen LogP contribution in [0.25, 0.3) is 0 Å². The van der Waals surface area contributed by atoms with Crippen LogP contribution in [0.5, 0.6) is 11.5 Å². The fourth-order valence-corrected chi connectivity index (χ4v) is 3.39. The number of hydrogen-bond acceptors (Lipinski definition) is 4. The highest BCUT2D eigenvalue weighted by Gasteiger charge is 2.23. The number of aromatic hydroxyl groups is 1. The van der Waals surface area contributed by atoms with E-state index < -0.39 is 0 Å². The Morgan fingerprint density at radius 2 is 1.59 bits per heavy atom. The maximum Gasteiger partial charge on any atom is 0.149 e. The summed E-state index contributed by atoms with van der Waals surface area (Å²) >= 11 is 0. The van der Waals surface area contributed by atoms with Crippen LogP contribution in [0.2, 0.25) is 0 Å². The monoisotopic (exact) mass is 390 g/mol. The van der Waals surface area contributed by atoms with E-state index in [9.17, 15) is 5.11 Å². The molecule has 1 N–H and O–H groups in total. The van der Waals surface area contributed by atoms with Gasteiger partial charge in [0.25, 0.3) is 0 Å². The Morgan fingerprint density at radius 1 is 0.963 bits per heavy atom. The van der Waals surface area contributed by atoms with E-state index in [2.05, 4.69) is 67.0 Å². The van der Waals surface area contributed by atoms with Crippen molar-refractivity contribution in [1.82, 2.24) is 4.90 Å². The van der Waals surface area contributed by atoms with Gasteiger partial charge in [0.15, 0.2) is 0 Å². The number of anilines is 1. The first-order valence-electron chi connectivity index (χ1n) is 9.50. The minimum absolute atomic E-state index is 0. The van der Waals surface area contributed by atoms with Crippen molar-refractivity contribution >= 4 is 18.1 Å². The zero-order chi connectivity index (χ0) is 18.7. The maximum absolute atomic E-state index is 10.2. The molecule has 2 aromatic rings. The zero-order valence-electron chi connectivity index (χ0n) is 16.7. The van der Waals surface area contributed by atoms with Crippen molar-refractivity contribution in [1.29, 1.82) is 0 Å².